The van der Waals surface area contributed by atoms with E-state index in [-0.39, 0.29) is 28.8 Å². The van der Waals surface area contributed by atoms with Gasteiger partial charge in [-0.3, -0.25) is 4.79 Å². The highest BCUT2D eigenvalue weighted by molar-refractivity contribution is 7.91. The van der Waals surface area contributed by atoms with E-state index < -0.39 is 21.6 Å². The van der Waals surface area contributed by atoms with Crippen LogP contribution >= 0.6 is 0 Å². The third-order valence-corrected chi connectivity index (χ3v) is 6.14. The van der Waals surface area contributed by atoms with Crippen LogP contribution in [-0.2, 0) is 14.6 Å². The monoisotopic (exact) mass is 374 g/mol. The maximum Gasteiger partial charge on any atom is 0.228 e. The average molecular weight is 374 g/mol. The number of carbonyl (C=O) groups is 1. The minimum atomic E-state index is -3.10. The number of hydrogen-bond donors (Lipinski definition) is 1. The summed E-state index contributed by atoms with van der Waals surface area (Å²) < 4.78 is 42.2. The van der Waals surface area contributed by atoms with Crippen molar-refractivity contribution in [2.75, 3.05) is 16.8 Å². The van der Waals surface area contributed by atoms with Gasteiger partial charge in [0, 0.05) is 11.3 Å². The molecule has 1 N–H and O–H groups in total. The van der Waals surface area contributed by atoms with E-state index in [1.165, 1.54) is 6.07 Å². The number of nitrogens with zero attached hydrogens (tertiary/aromatic N) is 1. The smallest absolute Gasteiger partial charge is 0.228 e. The highest BCUT2D eigenvalue weighted by Gasteiger charge is 2.32. The van der Waals surface area contributed by atoms with E-state index in [1.54, 1.807) is 36.4 Å². The molecule has 6 nitrogen and oxygen atoms in total. The van der Waals surface area contributed by atoms with Gasteiger partial charge >= 0.3 is 0 Å². The lowest BCUT2D eigenvalue weighted by Gasteiger charge is -2.09. The topological polar surface area (TPSA) is 89.3 Å². The summed E-state index contributed by atoms with van der Waals surface area (Å²) in [4.78, 5) is 16.3. The number of aromatic nitrogens is 1. The molecular weight excluding hydrogens is 359 g/mol. The first kappa shape index (κ1) is 16.7. The van der Waals surface area contributed by atoms with Gasteiger partial charge in [-0.2, -0.15) is 0 Å². The lowest BCUT2D eigenvalue weighted by atomic mass is 10.1. The number of anilines is 1. The summed E-state index contributed by atoms with van der Waals surface area (Å²) in [5, 5.41) is 2.72. The third-order valence-electron chi connectivity index (χ3n) is 4.37. The fourth-order valence-electron chi connectivity index (χ4n) is 2.98. The van der Waals surface area contributed by atoms with Crippen molar-refractivity contribution in [2.24, 2.45) is 5.92 Å². The van der Waals surface area contributed by atoms with Gasteiger partial charge < -0.3 is 9.73 Å². The number of hydrogen-bond acceptors (Lipinski definition) is 5. The highest BCUT2D eigenvalue weighted by Crippen LogP contribution is 2.27. The van der Waals surface area contributed by atoms with E-state index in [2.05, 4.69) is 10.3 Å². The van der Waals surface area contributed by atoms with E-state index in [4.69, 9.17) is 4.42 Å². The van der Waals surface area contributed by atoms with Crippen LogP contribution in [0.4, 0.5) is 10.1 Å². The quantitative estimate of drug-likeness (QED) is 0.761. The number of benzene rings is 2. The molecule has 1 aliphatic rings. The largest absolute Gasteiger partial charge is 0.436 e. The minimum absolute atomic E-state index is 0.0539. The molecule has 134 valence electrons. The molecule has 0 spiro atoms. The van der Waals surface area contributed by atoms with Gasteiger partial charge in [-0.15, -0.1) is 0 Å². The normalized spacial score (nSPS) is 18.9. The molecule has 1 saturated heterocycles. The van der Waals surface area contributed by atoms with E-state index in [1.807, 2.05) is 0 Å². The molecule has 1 fully saturated rings. The summed E-state index contributed by atoms with van der Waals surface area (Å²) in [6, 6.07) is 11.2. The third kappa shape index (κ3) is 3.20. The predicted molar refractivity (Wildman–Crippen MR) is 94.8 cm³/mol. The summed E-state index contributed by atoms with van der Waals surface area (Å²) in [5.74, 6) is -1.04. The Morgan fingerprint density at radius 1 is 1.19 bits per heavy atom. The zero-order chi connectivity index (χ0) is 18.3. The average Bonchev–Trinajstić information content (AvgIpc) is 3.20. The van der Waals surface area contributed by atoms with Crippen molar-refractivity contribution in [3.63, 3.8) is 0 Å². The summed E-state index contributed by atoms with van der Waals surface area (Å²) in [6.07, 6.45) is 0.348. The van der Waals surface area contributed by atoms with Crippen molar-refractivity contribution in [3.8, 4) is 11.5 Å². The molecule has 2 aromatic carbocycles. The molecule has 3 aromatic rings. The van der Waals surface area contributed by atoms with Gasteiger partial charge in [0.15, 0.2) is 21.2 Å². The maximum absolute atomic E-state index is 13.7. The Bertz CT molecular complexity index is 1090. The highest BCUT2D eigenvalue weighted by atomic mass is 32.2. The Balaban J connectivity index is 1.51. The van der Waals surface area contributed by atoms with Crippen molar-refractivity contribution in [1.82, 2.24) is 4.98 Å². The summed E-state index contributed by atoms with van der Waals surface area (Å²) in [6.45, 7) is 0. The van der Waals surface area contributed by atoms with Crippen molar-refractivity contribution < 1.29 is 22.0 Å². The van der Waals surface area contributed by atoms with Crippen LogP contribution in [0.5, 0.6) is 0 Å². The number of para-hydroxylation sites is 1. The fourth-order valence-corrected chi connectivity index (χ4v) is 4.72. The Kier molecular flexibility index (Phi) is 3.99. The minimum Gasteiger partial charge on any atom is -0.436 e. The first-order valence-electron chi connectivity index (χ1n) is 8.08. The van der Waals surface area contributed by atoms with Crippen LogP contribution in [0.3, 0.4) is 0 Å². The van der Waals surface area contributed by atoms with Crippen molar-refractivity contribution in [1.29, 1.82) is 0 Å². The molecule has 1 unspecified atom stereocenters. The standard InChI is InChI=1S/C18H15FN2O4S/c19-14-2-1-3-15-16(14)21-18(25-15)11-4-6-13(7-5-11)20-17(22)12-8-9-26(23,24)10-12/h1-7,12H,8-10H2,(H,20,22). The summed E-state index contributed by atoms with van der Waals surface area (Å²) in [7, 11) is -3.10. The number of amides is 1. The van der Waals surface area contributed by atoms with Crippen molar-refractivity contribution >= 4 is 32.5 Å². The number of sulfone groups is 1. The second-order valence-corrected chi connectivity index (χ2v) is 8.50. The Morgan fingerprint density at radius 2 is 1.96 bits per heavy atom. The van der Waals surface area contributed by atoms with Crippen molar-refractivity contribution in [2.45, 2.75) is 6.42 Å². The van der Waals surface area contributed by atoms with Crippen LogP contribution in [0.15, 0.2) is 46.9 Å². The predicted octanol–water partition coefficient (Wildman–Crippen LogP) is 3.01. The van der Waals surface area contributed by atoms with Crippen LogP contribution in [0, 0.1) is 11.7 Å². The molecule has 1 aliphatic heterocycles. The Labute approximate surface area is 149 Å². The van der Waals surface area contributed by atoms with Gasteiger partial charge in [-0.25, -0.2) is 17.8 Å². The van der Waals surface area contributed by atoms with Gasteiger partial charge in [0.05, 0.1) is 17.4 Å². The molecule has 4 rings (SSSR count). The SMILES string of the molecule is O=C(Nc1ccc(-c2nc3c(F)cccc3o2)cc1)C1CCS(=O)(=O)C1. The Morgan fingerprint density at radius 3 is 2.62 bits per heavy atom. The summed E-state index contributed by atoms with van der Waals surface area (Å²) in [5.41, 5.74) is 1.72. The number of nitrogens with one attached hydrogen (secondary N) is 1. The lowest BCUT2D eigenvalue weighted by Crippen LogP contribution is -2.23. The van der Waals surface area contributed by atoms with Crippen LogP contribution in [0.1, 0.15) is 6.42 Å². The lowest BCUT2D eigenvalue weighted by molar-refractivity contribution is -0.119. The molecular formula is C18H15FN2O4S. The molecule has 1 aromatic heterocycles. The molecule has 0 saturated carbocycles. The zero-order valence-corrected chi connectivity index (χ0v) is 14.4. The van der Waals surface area contributed by atoms with E-state index in [0.717, 1.165) is 0 Å². The first-order valence-corrected chi connectivity index (χ1v) is 9.90. The van der Waals surface area contributed by atoms with Gasteiger partial charge in [0.25, 0.3) is 0 Å². The molecule has 0 aliphatic carbocycles. The second kappa shape index (κ2) is 6.21. The number of rotatable bonds is 3. The van der Waals surface area contributed by atoms with E-state index in [9.17, 15) is 17.6 Å². The second-order valence-electron chi connectivity index (χ2n) is 6.27. The zero-order valence-electron chi connectivity index (χ0n) is 13.6. The molecule has 0 bridgehead atoms. The molecule has 1 amide bonds. The fraction of sp³-hybridized carbons (Fsp3) is 0.222. The number of fused-ring (bicyclic) bond motifs is 1. The molecule has 1 atom stereocenters. The molecule has 8 heteroatoms. The summed E-state index contributed by atoms with van der Waals surface area (Å²) >= 11 is 0. The first-order chi connectivity index (χ1) is 12.4. The van der Waals surface area contributed by atoms with Crippen LogP contribution in [0.25, 0.3) is 22.6 Å². The molecule has 26 heavy (non-hydrogen) atoms. The van der Waals surface area contributed by atoms with Crippen LogP contribution < -0.4 is 5.32 Å². The van der Waals surface area contributed by atoms with Gasteiger partial charge in [0.1, 0.15) is 5.52 Å². The van der Waals surface area contributed by atoms with E-state index >= 15 is 0 Å². The maximum atomic E-state index is 13.7. The van der Waals surface area contributed by atoms with E-state index in [0.29, 0.717) is 23.3 Å². The van der Waals surface area contributed by atoms with Crippen LogP contribution in [-0.4, -0.2) is 30.8 Å². The Hall–Kier alpha value is -2.74. The van der Waals surface area contributed by atoms with Gasteiger partial charge in [0.2, 0.25) is 11.8 Å². The molecule has 2 heterocycles. The van der Waals surface area contributed by atoms with Gasteiger partial charge in [-0.05, 0) is 42.8 Å². The molecule has 0 radical (unpaired) electrons. The van der Waals surface area contributed by atoms with Crippen molar-refractivity contribution in [3.05, 3.63) is 48.3 Å². The number of carbonyl (C=O) groups excluding carboxylic acids is 1. The number of halogens is 1. The van der Waals surface area contributed by atoms with Gasteiger partial charge in [-0.1, -0.05) is 6.07 Å². The number of oxazole rings is 1. The van der Waals surface area contributed by atoms with Crippen LogP contribution in [0.2, 0.25) is 0 Å².